The number of anilines is 1. The lowest BCUT2D eigenvalue weighted by Gasteiger charge is -2.29. The zero-order valence-electron chi connectivity index (χ0n) is 25.7. The Labute approximate surface area is 255 Å². The van der Waals surface area contributed by atoms with Crippen LogP contribution in [0.3, 0.4) is 0 Å². The molecule has 1 amide bonds. The summed E-state index contributed by atoms with van der Waals surface area (Å²) >= 11 is 6.53. The van der Waals surface area contributed by atoms with Crippen molar-refractivity contribution in [3.63, 3.8) is 0 Å². The number of amides is 1. The van der Waals surface area contributed by atoms with Crippen molar-refractivity contribution < 1.29 is 14.3 Å². The fraction of sp³-hybridized carbons (Fsp3) is 0.710. The van der Waals surface area contributed by atoms with Crippen LogP contribution in [0.5, 0.6) is 0 Å². The summed E-state index contributed by atoms with van der Waals surface area (Å²) in [4.78, 5) is 33.4. The Kier molecular flexibility index (Phi) is 11.6. The van der Waals surface area contributed by atoms with Crippen LogP contribution in [0.1, 0.15) is 97.1 Å². The van der Waals surface area contributed by atoms with Gasteiger partial charge in [-0.2, -0.15) is 5.10 Å². The number of carbonyl (C=O) groups excluding carboxylic acids is 2. The van der Waals surface area contributed by atoms with E-state index in [1.54, 1.807) is 6.20 Å². The zero-order valence-corrected chi connectivity index (χ0v) is 26.4. The van der Waals surface area contributed by atoms with E-state index in [0.29, 0.717) is 17.4 Å². The Bertz CT molecular complexity index is 1180. The molecule has 0 saturated heterocycles. The van der Waals surface area contributed by atoms with Gasteiger partial charge in [0.05, 0.1) is 29.7 Å². The second-order valence-electron chi connectivity index (χ2n) is 12.9. The fourth-order valence-corrected chi connectivity index (χ4v) is 5.64. The highest BCUT2D eigenvalue weighted by molar-refractivity contribution is 6.33. The predicted octanol–water partition coefficient (Wildman–Crippen LogP) is 5.20. The number of halogens is 1. The van der Waals surface area contributed by atoms with Crippen LogP contribution in [0.25, 0.3) is 11.3 Å². The van der Waals surface area contributed by atoms with E-state index in [-0.39, 0.29) is 30.5 Å². The summed E-state index contributed by atoms with van der Waals surface area (Å²) in [5, 5.41) is 14.9. The summed E-state index contributed by atoms with van der Waals surface area (Å²) in [6, 6.07) is 0.477. The van der Waals surface area contributed by atoms with Gasteiger partial charge in [0, 0.05) is 36.8 Å². The quantitative estimate of drug-likeness (QED) is 0.188. The fourth-order valence-electron chi connectivity index (χ4n) is 5.45. The van der Waals surface area contributed by atoms with Crippen LogP contribution in [-0.4, -0.2) is 62.4 Å². The normalized spacial score (nSPS) is 19.0. The van der Waals surface area contributed by atoms with Crippen molar-refractivity contribution in [3.05, 3.63) is 23.1 Å². The van der Waals surface area contributed by atoms with E-state index in [1.165, 1.54) is 18.5 Å². The van der Waals surface area contributed by atoms with Gasteiger partial charge >= 0.3 is 5.97 Å². The SMILES string of the molecule is Cn1ncc(-c2nc(N[C@H]3CC[C@H](NC(=O)CCCCCCNCC(=O)OC(C)(C)C)CC3)ncc2Cl)c1CC1CC1. The number of aromatic nitrogens is 4. The number of ether oxygens (including phenoxy) is 1. The number of nitrogens with zero attached hydrogens (tertiary/aromatic N) is 4. The third-order valence-corrected chi connectivity index (χ3v) is 8.14. The third kappa shape index (κ3) is 10.5. The molecule has 2 saturated carbocycles. The molecule has 2 aromatic heterocycles. The number of nitrogens with one attached hydrogen (secondary N) is 3. The number of unbranched alkanes of at least 4 members (excludes halogenated alkanes) is 3. The second-order valence-corrected chi connectivity index (χ2v) is 13.3. The summed E-state index contributed by atoms with van der Waals surface area (Å²) in [6.07, 6.45) is 15.3. The summed E-state index contributed by atoms with van der Waals surface area (Å²) in [7, 11) is 1.98. The monoisotopic (exact) mass is 601 g/mol. The molecule has 11 heteroatoms. The first-order valence-corrected chi connectivity index (χ1v) is 16.0. The number of hydrogen-bond acceptors (Lipinski definition) is 8. The standard InChI is InChI=1S/C31H48ClN7O3/c1-31(2,3)42-28(41)20-33-16-8-6-5-7-9-27(40)36-22-12-14-23(15-13-22)37-30-34-19-25(32)29(38-30)24-18-35-39(4)26(24)17-21-10-11-21/h18-19,21-23,33H,5-17,20H2,1-4H3,(H,36,40)(H,34,37,38)/t22-,23-. The molecule has 232 valence electrons. The molecule has 2 aromatic rings. The Hall–Kier alpha value is -2.72. The first kappa shape index (κ1) is 32.2. The molecule has 10 nitrogen and oxygen atoms in total. The molecule has 0 aromatic carbocycles. The van der Waals surface area contributed by atoms with Crippen LogP contribution in [0.2, 0.25) is 5.02 Å². The Balaban J connectivity index is 1.10. The van der Waals surface area contributed by atoms with Crippen molar-refractivity contribution in [2.24, 2.45) is 13.0 Å². The Morgan fingerprint density at radius 3 is 2.45 bits per heavy atom. The van der Waals surface area contributed by atoms with Crippen molar-refractivity contribution in [1.29, 1.82) is 0 Å². The van der Waals surface area contributed by atoms with Gasteiger partial charge in [-0.3, -0.25) is 14.3 Å². The van der Waals surface area contributed by atoms with E-state index in [2.05, 4.69) is 26.0 Å². The summed E-state index contributed by atoms with van der Waals surface area (Å²) in [5.41, 5.74) is 2.44. The largest absolute Gasteiger partial charge is 0.459 e. The number of esters is 1. The van der Waals surface area contributed by atoms with E-state index in [4.69, 9.17) is 21.3 Å². The minimum Gasteiger partial charge on any atom is -0.459 e. The van der Waals surface area contributed by atoms with E-state index >= 15 is 0 Å². The van der Waals surface area contributed by atoms with Crippen LogP contribution in [-0.2, 0) is 27.8 Å². The van der Waals surface area contributed by atoms with Crippen LogP contribution < -0.4 is 16.0 Å². The summed E-state index contributed by atoms with van der Waals surface area (Å²) < 4.78 is 7.21. The highest BCUT2D eigenvalue weighted by Crippen LogP contribution is 2.37. The first-order chi connectivity index (χ1) is 20.1. The average Bonchev–Trinajstić information content (AvgIpc) is 3.68. The van der Waals surface area contributed by atoms with Gasteiger partial charge in [0.1, 0.15) is 5.60 Å². The van der Waals surface area contributed by atoms with Gasteiger partial charge in [0.2, 0.25) is 11.9 Å². The first-order valence-electron chi connectivity index (χ1n) is 15.6. The third-order valence-electron chi connectivity index (χ3n) is 7.86. The average molecular weight is 602 g/mol. The molecule has 2 heterocycles. The molecule has 2 aliphatic rings. The van der Waals surface area contributed by atoms with Crippen molar-refractivity contribution in [1.82, 2.24) is 30.4 Å². The van der Waals surface area contributed by atoms with Crippen molar-refractivity contribution >= 4 is 29.4 Å². The lowest BCUT2D eigenvalue weighted by Crippen LogP contribution is -2.40. The number of rotatable bonds is 15. The number of aryl methyl sites for hydroxylation is 1. The van der Waals surface area contributed by atoms with E-state index in [0.717, 1.165) is 81.5 Å². The lowest BCUT2D eigenvalue weighted by molar-refractivity contribution is -0.153. The highest BCUT2D eigenvalue weighted by atomic mass is 35.5. The van der Waals surface area contributed by atoms with Crippen LogP contribution in [0.15, 0.2) is 12.4 Å². The Morgan fingerprint density at radius 2 is 1.74 bits per heavy atom. The molecular formula is C31H48ClN7O3. The van der Waals surface area contributed by atoms with Crippen LogP contribution >= 0.6 is 11.6 Å². The topological polar surface area (TPSA) is 123 Å². The maximum Gasteiger partial charge on any atom is 0.320 e. The van der Waals surface area contributed by atoms with Crippen molar-refractivity contribution in [2.45, 2.75) is 116 Å². The smallest absolute Gasteiger partial charge is 0.320 e. The molecule has 0 unspecified atom stereocenters. The molecule has 2 aliphatic carbocycles. The van der Waals surface area contributed by atoms with Gasteiger partial charge in [0.25, 0.3) is 0 Å². The second kappa shape index (κ2) is 15.1. The van der Waals surface area contributed by atoms with Gasteiger partial charge in [-0.25, -0.2) is 9.97 Å². The minimum atomic E-state index is -0.452. The minimum absolute atomic E-state index is 0.138. The van der Waals surface area contributed by atoms with Crippen LogP contribution in [0.4, 0.5) is 5.95 Å². The molecule has 42 heavy (non-hydrogen) atoms. The lowest BCUT2D eigenvalue weighted by atomic mass is 9.91. The van der Waals surface area contributed by atoms with E-state index in [9.17, 15) is 9.59 Å². The summed E-state index contributed by atoms with van der Waals surface area (Å²) in [6.45, 7) is 6.61. The van der Waals surface area contributed by atoms with Gasteiger partial charge in [0.15, 0.2) is 0 Å². The molecule has 0 bridgehead atoms. The Morgan fingerprint density at radius 1 is 1.02 bits per heavy atom. The predicted molar refractivity (Wildman–Crippen MR) is 165 cm³/mol. The van der Waals surface area contributed by atoms with E-state index < -0.39 is 5.60 Å². The summed E-state index contributed by atoms with van der Waals surface area (Å²) in [5.74, 6) is 1.23. The van der Waals surface area contributed by atoms with Crippen LogP contribution in [0, 0.1) is 5.92 Å². The van der Waals surface area contributed by atoms with Crippen molar-refractivity contribution in [2.75, 3.05) is 18.4 Å². The van der Waals surface area contributed by atoms with E-state index in [1.807, 2.05) is 38.7 Å². The molecule has 0 spiro atoms. The molecule has 2 fully saturated rings. The molecule has 3 N–H and O–H groups in total. The molecule has 0 atom stereocenters. The highest BCUT2D eigenvalue weighted by Gasteiger charge is 2.27. The maximum atomic E-state index is 12.5. The molecule has 4 rings (SSSR count). The zero-order chi connectivity index (χ0) is 30.1. The molecular weight excluding hydrogens is 554 g/mol. The van der Waals surface area contributed by atoms with Crippen molar-refractivity contribution in [3.8, 4) is 11.3 Å². The van der Waals surface area contributed by atoms with Gasteiger partial charge < -0.3 is 20.7 Å². The number of carbonyl (C=O) groups is 2. The molecule has 0 aliphatic heterocycles. The van der Waals surface area contributed by atoms with Gasteiger partial charge in [-0.15, -0.1) is 0 Å². The van der Waals surface area contributed by atoms with Gasteiger partial charge in [-0.05, 0) is 91.0 Å². The van der Waals surface area contributed by atoms with Gasteiger partial charge in [-0.1, -0.05) is 24.4 Å². The molecule has 0 radical (unpaired) electrons. The number of hydrogen-bond donors (Lipinski definition) is 3. The maximum absolute atomic E-state index is 12.5.